The zero-order valence-electron chi connectivity index (χ0n) is 55.6. The number of hydrogen-bond acceptors (Lipinski definition) is 35. The van der Waals surface area contributed by atoms with Crippen molar-refractivity contribution in [3.8, 4) is 0 Å². The zero-order valence-corrected chi connectivity index (χ0v) is 55.6. The Kier molecular flexibility index (Phi) is 25.1. The van der Waals surface area contributed by atoms with Crippen LogP contribution in [0, 0.1) is 46.3 Å². The Morgan fingerprint density at radius 3 is 1.45 bits per heavy atom. The van der Waals surface area contributed by atoms with Crippen LogP contribution in [0.1, 0.15) is 78.6 Å². The molecule has 0 bridgehead atoms. The zero-order chi connectivity index (χ0) is 71.8. The number of methoxy groups -OCH3 is 1. The molecule has 35 heteroatoms. The molecule has 7 heterocycles. The second-order valence-corrected chi connectivity index (χ2v) is 29.8. The molecule has 0 aromatic heterocycles. The molecule has 21 N–H and O–H groups in total. The van der Waals surface area contributed by atoms with E-state index in [1.807, 2.05) is 0 Å². The molecule has 7 saturated heterocycles. The highest BCUT2D eigenvalue weighted by Crippen LogP contribution is 2.71. The van der Waals surface area contributed by atoms with Gasteiger partial charge < -0.3 is 174 Å². The van der Waals surface area contributed by atoms with Gasteiger partial charge in [-0.25, -0.2) is 0 Å². The lowest BCUT2D eigenvalue weighted by molar-refractivity contribution is -0.412. The molecule has 1 unspecified atom stereocenters. The first kappa shape index (κ1) is 78.4. The van der Waals surface area contributed by atoms with Crippen LogP contribution in [-0.2, 0) is 66.3 Å². The van der Waals surface area contributed by atoms with E-state index in [4.69, 9.17) is 66.3 Å². The number of rotatable bonds is 23. The van der Waals surface area contributed by atoms with Crippen LogP contribution in [0.3, 0.4) is 0 Å². The fourth-order valence-electron chi connectivity index (χ4n) is 18.8. The van der Waals surface area contributed by atoms with E-state index >= 15 is 0 Å². The molecule has 99 heavy (non-hydrogen) atoms. The summed E-state index contributed by atoms with van der Waals surface area (Å²) in [6.07, 6.45) is -52.3. The van der Waals surface area contributed by atoms with Gasteiger partial charge in [0.25, 0.3) is 0 Å². The predicted molar refractivity (Wildman–Crippen MR) is 323 cm³/mol. The predicted octanol–water partition coefficient (Wildman–Crippen LogP) is -8.76. The average Bonchev–Trinajstić information content (AvgIpc) is 1.55. The molecular weight excluding hydrogens is 1330 g/mol. The van der Waals surface area contributed by atoms with Gasteiger partial charge >= 0.3 is 0 Å². The molecule has 42 atom stereocenters. The SMILES string of the molecule is C=C(CCC1(OC)O[C@H]2C[C@H]3[C@@H]4CC[C@H]5C[C@@H](O[C@@H]6O[C@H](CO)[C@H](O[C@@H]7O[C@H](CO)[C@@H](O)[C@H](O[C@@H]8O[C@H](CO)[C@@H](O)[C@H](O)[C@H]8O)[C@H]7O[C@@H]7O[C@H](CO)[C@@H](O)[C@H](O[C@@H]8O[C@H](CO)[C@@H](O)[C@H](O)[C@H]8O)[C@H]7O)[C@H](O)[C@H]6O)[C@H](O)C[C@]5(C)[C@H]4CC[C@]3(C)[C@H]2[C@@H]1C)CO[C@@H]1O[C@H](CO)[C@@H](O)[C@H](O)[C@H]1O. The van der Waals surface area contributed by atoms with Gasteiger partial charge in [-0.2, -0.15) is 0 Å². The van der Waals surface area contributed by atoms with Crippen LogP contribution in [0.5, 0.6) is 0 Å². The van der Waals surface area contributed by atoms with E-state index in [0.717, 1.165) is 32.1 Å². The van der Waals surface area contributed by atoms with E-state index < -0.39 is 242 Å². The highest BCUT2D eigenvalue weighted by molar-refractivity contribution is 5.16. The largest absolute Gasteiger partial charge is 0.394 e. The lowest BCUT2D eigenvalue weighted by Gasteiger charge is -2.62. The normalized spacial score (nSPS) is 54.7. The van der Waals surface area contributed by atoms with Crippen LogP contribution in [0.15, 0.2) is 12.2 Å². The van der Waals surface area contributed by atoms with Crippen LogP contribution in [0.25, 0.3) is 0 Å². The maximum Gasteiger partial charge on any atom is 0.187 e. The average molecular weight is 1440 g/mol. The van der Waals surface area contributed by atoms with Crippen LogP contribution in [0.4, 0.5) is 0 Å². The van der Waals surface area contributed by atoms with E-state index in [1.165, 1.54) is 0 Å². The molecular formula is C64H106O35. The fraction of sp³-hybridized carbons (Fsp3) is 0.969. The van der Waals surface area contributed by atoms with Crippen LogP contribution in [0.2, 0.25) is 0 Å². The Bertz CT molecular complexity index is 2620. The Hall–Kier alpha value is -1.66. The quantitative estimate of drug-likeness (QED) is 0.0334. The minimum atomic E-state index is -2.27. The molecule has 4 aliphatic carbocycles. The molecule has 0 aromatic rings. The van der Waals surface area contributed by atoms with Crippen molar-refractivity contribution < 1.29 is 174 Å². The van der Waals surface area contributed by atoms with E-state index in [2.05, 4.69) is 27.4 Å². The maximum atomic E-state index is 12.2. The number of fused-ring (bicyclic) bond motifs is 7. The van der Waals surface area contributed by atoms with Crippen molar-refractivity contribution in [3.05, 3.63) is 12.2 Å². The van der Waals surface area contributed by atoms with Crippen LogP contribution >= 0.6 is 0 Å². The Balaban J connectivity index is 0.756. The second kappa shape index (κ2) is 31.6. The molecule has 11 fully saturated rings. The molecule has 7 aliphatic heterocycles. The molecule has 11 rings (SSSR count). The fourth-order valence-corrected chi connectivity index (χ4v) is 18.8. The number of aliphatic hydroxyl groups is 21. The van der Waals surface area contributed by atoms with Gasteiger partial charge in [0.1, 0.15) is 146 Å². The summed E-state index contributed by atoms with van der Waals surface area (Å²) < 4.78 is 84.3. The maximum absolute atomic E-state index is 12.2. The topological polar surface area (TPSA) is 554 Å². The minimum absolute atomic E-state index is 0.0223. The summed E-state index contributed by atoms with van der Waals surface area (Å²) in [5.74, 6) is 0.0631. The van der Waals surface area contributed by atoms with Gasteiger partial charge in [-0.05, 0) is 91.8 Å². The smallest absolute Gasteiger partial charge is 0.187 e. The third-order valence-corrected chi connectivity index (χ3v) is 24.4. The first-order valence-electron chi connectivity index (χ1n) is 34.6. The monoisotopic (exact) mass is 1430 g/mol. The highest BCUT2D eigenvalue weighted by atomic mass is 16.8. The standard InChI is InChI=1S/C64H106O35/c1-22(21-87-56-47(81)43(77)38(72)31(15-65)89-56)8-11-64(86-5)23(2)37-30(99-64)13-27-25-7-6-24-12-29(28(71)14-63(24,4)26(25)9-10-62(27,37)3)88-57-50(84)46(80)52(36(20-70)94-57)95-61-55(54(42(76)35(19-69)93-61)97-59-49(83)45(79)40(74)33(17-67)91-59)98-60-51(85)53(41(75)34(18-68)92-60)96-58-48(82)44(78)39(73)32(16-66)90-58/h23-61,65-85H,1,6-21H2,2-5H3/t23-,24-,25+,26-,27-,28+,29+,30-,31+,32+,33+,34+,35+,36+,37-,38+,39+,40+,41+,42+,43-,44-,45-,46+,47+,48+,49+,50+,51+,52-,53-,54-,55+,56+,57+,58-,59-,60-,61-,62-,63-,64?/m0/s1. The van der Waals surface area contributed by atoms with Crippen molar-refractivity contribution in [3.63, 3.8) is 0 Å². The van der Waals surface area contributed by atoms with E-state index in [9.17, 15) is 107 Å². The van der Waals surface area contributed by atoms with Crippen molar-refractivity contribution >= 4 is 0 Å². The Labute approximate surface area is 570 Å². The van der Waals surface area contributed by atoms with Gasteiger partial charge in [-0.1, -0.05) is 32.9 Å². The summed E-state index contributed by atoms with van der Waals surface area (Å²) in [6, 6.07) is 0. The van der Waals surface area contributed by atoms with E-state index in [0.29, 0.717) is 43.1 Å². The second-order valence-electron chi connectivity index (χ2n) is 29.8. The lowest BCUT2D eigenvalue weighted by Crippen LogP contribution is -2.69. The summed E-state index contributed by atoms with van der Waals surface area (Å²) in [5, 5.41) is 228. The number of ether oxygens (including phenoxy) is 14. The molecule has 0 spiro atoms. The first-order chi connectivity index (χ1) is 47.0. The third-order valence-electron chi connectivity index (χ3n) is 24.4. The van der Waals surface area contributed by atoms with Crippen molar-refractivity contribution in [2.75, 3.05) is 53.4 Å². The molecule has 35 nitrogen and oxygen atoms in total. The van der Waals surface area contributed by atoms with Gasteiger partial charge in [-0.15, -0.1) is 0 Å². The Morgan fingerprint density at radius 1 is 0.444 bits per heavy atom. The minimum Gasteiger partial charge on any atom is -0.394 e. The van der Waals surface area contributed by atoms with Gasteiger partial charge in [0.2, 0.25) is 0 Å². The van der Waals surface area contributed by atoms with Crippen molar-refractivity contribution in [2.45, 2.75) is 287 Å². The summed E-state index contributed by atoms with van der Waals surface area (Å²) >= 11 is 0. The van der Waals surface area contributed by atoms with Crippen molar-refractivity contribution in [1.29, 1.82) is 0 Å². The van der Waals surface area contributed by atoms with Gasteiger partial charge in [0.15, 0.2) is 43.5 Å². The molecule has 0 radical (unpaired) electrons. The summed E-state index contributed by atoms with van der Waals surface area (Å²) in [5.41, 5.74) is 0.196. The molecule has 4 saturated carbocycles. The summed E-state index contributed by atoms with van der Waals surface area (Å²) in [6.45, 7) is 5.46. The van der Waals surface area contributed by atoms with Gasteiger partial charge in [0.05, 0.1) is 64.6 Å². The van der Waals surface area contributed by atoms with E-state index in [1.54, 1.807) is 7.11 Å². The summed E-state index contributed by atoms with van der Waals surface area (Å²) in [4.78, 5) is 0. The van der Waals surface area contributed by atoms with Crippen LogP contribution < -0.4 is 0 Å². The van der Waals surface area contributed by atoms with Crippen molar-refractivity contribution in [1.82, 2.24) is 0 Å². The molecule has 0 amide bonds. The van der Waals surface area contributed by atoms with Crippen LogP contribution in [-0.4, -0.2) is 369 Å². The number of hydrogen-bond donors (Lipinski definition) is 21. The summed E-state index contributed by atoms with van der Waals surface area (Å²) in [7, 11) is 1.64. The Morgan fingerprint density at radius 2 is 0.899 bits per heavy atom. The van der Waals surface area contributed by atoms with Crippen molar-refractivity contribution in [2.24, 2.45) is 46.3 Å². The number of aliphatic hydroxyl groups excluding tert-OH is 21. The third kappa shape index (κ3) is 14.5. The molecule has 0 aromatic carbocycles. The molecule has 11 aliphatic rings. The molecule has 572 valence electrons. The van der Waals surface area contributed by atoms with E-state index in [-0.39, 0.29) is 47.2 Å². The lowest BCUT2D eigenvalue weighted by atomic mass is 9.44. The highest BCUT2D eigenvalue weighted by Gasteiger charge is 2.70. The van der Waals surface area contributed by atoms with Gasteiger partial charge in [-0.3, -0.25) is 0 Å². The van der Waals surface area contributed by atoms with Gasteiger partial charge in [0, 0.05) is 19.4 Å². The first-order valence-corrected chi connectivity index (χ1v) is 34.6.